The van der Waals surface area contributed by atoms with Crippen LogP contribution in [-0.2, 0) is 4.74 Å². The van der Waals surface area contributed by atoms with Gasteiger partial charge in [0.05, 0.1) is 25.9 Å². The number of hydrogen-bond acceptors (Lipinski definition) is 5. The minimum Gasteiger partial charge on any atom is -0.493 e. The topological polar surface area (TPSA) is 45.2 Å². The fourth-order valence-electron chi connectivity index (χ4n) is 3.10. The number of β-amino-alcohol motifs (C(OH)–C–C–N with tert-alkyl or cyclic N) is 1. The van der Waals surface area contributed by atoms with Crippen molar-refractivity contribution in [1.82, 2.24) is 9.80 Å². The molecule has 2 fully saturated rings. The first-order valence-corrected chi connectivity index (χ1v) is 8.18. The van der Waals surface area contributed by atoms with E-state index < -0.39 is 0 Å². The Labute approximate surface area is 132 Å². The number of morpholine rings is 1. The minimum absolute atomic E-state index is 0.269. The highest BCUT2D eigenvalue weighted by Crippen LogP contribution is 2.18. The molecule has 1 aromatic carbocycles. The first-order chi connectivity index (χ1) is 10.8. The summed E-state index contributed by atoms with van der Waals surface area (Å²) in [5.74, 6) is 1.52. The lowest BCUT2D eigenvalue weighted by molar-refractivity contribution is -0.0133. The summed E-state index contributed by atoms with van der Waals surface area (Å²) in [5, 5.41) is 10.2. The summed E-state index contributed by atoms with van der Waals surface area (Å²) in [5.41, 5.74) is 0. The van der Waals surface area contributed by atoms with Crippen LogP contribution in [0, 0.1) is 5.92 Å². The standard InChI is InChI=1S/C17H26N2O3/c20-16(12-18-6-8-21-9-7-18)13-19-10-15(11-19)14-22-17-4-2-1-3-5-17/h1-5,15-16,20H,6-14H2. The number of likely N-dealkylation sites (tertiary alicyclic amines) is 1. The highest BCUT2D eigenvalue weighted by atomic mass is 16.5. The second kappa shape index (κ2) is 7.92. The maximum Gasteiger partial charge on any atom is 0.119 e. The summed E-state index contributed by atoms with van der Waals surface area (Å²) in [6, 6.07) is 9.95. The molecule has 2 aliphatic heterocycles. The van der Waals surface area contributed by atoms with Gasteiger partial charge in [-0.25, -0.2) is 0 Å². The number of benzene rings is 1. The summed E-state index contributed by atoms with van der Waals surface area (Å²) < 4.78 is 11.1. The molecule has 5 nitrogen and oxygen atoms in total. The van der Waals surface area contributed by atoms with Crippen LogP contribution in [0.5, 0.6) is 5.75 Å². The van der Waals surface area contributed by atoms with Gasteiger partial charge >= 0.3 is 0 Å². The summed E-state index contributed by atoms with van der Waals surface area (Å²) >= 11 is 0. The molecule has 0 aromatic heterocycles. The average Bonchev–Trinajstić information content (AvgIpc) is 2.51. The maximum absolute atomic E-state index is 10.2. The number of nitrogens with zero attached hydrogens (tertiary/aromatic N) is 2. The number of para-hydroxylation sites is 1. The molecular weight excluding hydrogens is 280 g/mol. The lowest BCUT2D eigenvalue weighted by atomic mass is 10.0. The van der Waals surface area contributed by atoms with E-state index in [1.165, 1.54) is 0 Å². The average molecular weight is 306 g/mol. The van der Waals surface area contributed by atoms with Gasteiger partial charge in [-0.15, -0.1) is 0 Å². The van der Waals surface area contributed by atoms with Gasteiger partial charge in [-0.3, -0.25) is 9.80 Å². The fourth-order valence-corrected chi connectivity index (χ4v) is 3.10. The van der Waals surface area contributed by atoms with E-state index in [0.717, 1.165) is 64.8 Å². The number of rotatable bonds is 7. The lowest BCUT2D eigenvalue weighted by Crippen LogP contribution is -2.53. The second-order valence-corrected chi connectivity index (χ2v) is 6.28. The molecule has 0 radical (unpaired) electrons. The zero-order chi connectivity index (χ0) is 15.2. The molecule has 0 saturated carbocycles. The minimum atomic E-state index is -0.269. The molecule has 0 amide bonds. The van der Waals surface area contributed by atoms with Crippen molar-refractivity contribution in [2.75, 3.05) is 59.1 Å². The molecular formula is C17H26N2O3. The Morgan fingerprint density at radius 3 is 2.50 bits per heavy atom. The number of aliphatic hydroxyl groups excluding tert-OH is 1. The van der Waals surface area contributed by atoms with Gasteiger partial charge < -0.3 is 14.6 Å². The van der Waals surface area contributed by atoms with E-state index >= 15 is 0 Å². The predicted molar refractivity (Wildman–Crippen MR) is 85.1 cm³/mol. The molecule has 122 valence electrons. The van der Waals surface area contributed by atoms with Crippen LogP contribution in [0.1, 0.15) is 0 Å². The molecule has 22 heavy (non-hydrogen) atoms. The van der Waals surface area contributed by atoms with Gasteiger partial charge in [0.25, 0.3) is 0 Å². The molecule has 1 N–H and O–H groups in total. The third-order valence-corrected chi connectivity index (χ3v) is 4.30. The normalized spacial score (nSPS) is 22.2. The molecule has 0 bridgehead atoms. The Morgan fingerprint density at radius 2 is 1.77 bits per heavy atom. The monoisotopic (exact) mass is 306 g/mol. The van der Waals surface area contributed by atoms with Crippen molar-refractivity contribution < 1.29 is 14.6 Å². The molecule has 0 aliphatic carbocycles. The van der Waals surface area contributed by atoms with Crippen molar-refractivity contribution in [2.45, 2.75) is 6.10 Å². The summed E-state index contributed by atoms with van der Waals surface area (Å²) in [4.78, 5) is 4.59. The molecule has 3 rings (SSSR count). The summed E-state index contributed by atoms with van der Waals surface area (Å²) in [7, 11) is 0. The highest BCUT2D eigenvalue weighted by Gasteiger charge is 2.29. The smallest absolute Gasteiger partial charge is 0.119 e. The van der Waals surface area contributed by atoms with Crippen molar-refractivity contribution in [3.63, 3.8) is 0 Å². The third kappa shape index (κ3) is 4.68. The SMILES string of the molecule is OC(CN1CCOCC1)CN1CC(COc2ccccc2)C1. The van der Waals surface area contributed by atoms with Gasteiger partial charge in [-0.05, 0) is 12.1 Å². The van der Waals surface area contributed by atoms with Gasteiger partial charge in [-0.1, -0.05) is 18.2 Å². The largest absolute Gasteiger partial charge is 0.493 e. The van der Waals surface area contributed by atoms with E-state index in [9.17, 15) is 5.11 Å². The number of aliphatic hydroxyl groups is 1. The van der Waals surface area contributed by atoms with Crippen LogP contribution in [-0.4, -0.2) is 80.1 Å². The Morgan fingerprint density at radius 1 is 1.09 bits per heavy atom. The van der Waals surface area contributed by atoms with Crippen molar-refractivity contribution >= 4 is 0 Å². The van der Waals surface area contributed by atoms with Crippen molar-refractivity contribution in [1.29, 1.82) is 0 Å². The van der Waals surface area contributed by atoms with Crippen LogP contribution in [0.3, 0.4) is 0 Å². The molecule has 2 heterocycles. The van der Waals surface area contributed by atoms with Crippen LogP contribution in [0.4, 0.5) is 0 Å². The van der Waals surface area contributed by atoms with Crippen LogP contribution < -0.4 is 4.74 Å². The first-order valence-electron chi connectivity index (χ1n) is 8.18. The first kappa shape index (κ1) is 15.7. The van der Waals surface area contributed by atoms with Gasteiger partial charge in [0.15, 0.2) is 0 Å². The van der Waals surface area contributed by atoms with Crippen LogP contribution in [0.15, 0.2) is 30.3 Å². The van der Waals surface area contributed by atoms with Crippen molar-refractivity contribution in [3.05, 3.63) is 30.3 Å². The molecule has 0 spiro atoms. The van der Waals surface area contributed by atoms with Crippen LogP contribution >= 0.6 is 0 Å². The fraction of sp³-hybridized carbons (Fsp3) is 0.647. The second-order valence-electron chi connectivity index (χ2n) is 6.28. The molecule has 1 aromatic rings. The lowest BCUT2D eigenvalue weighted by Gasteiger charge is -2.40. The summed E-state index contributed by atoms with van der Waals surface area (Å²) in [6.45, 7) is 7.77. The Hall–Kier alpha value is -1.14. The van der Waals surface area contributed by atoms with Gasteiger partial charge in [0, 0.05) is 45.2 Å². The quantitative estimate of drug-likeness (QED) is 0.803. The Balaban J connectivity index is 1.28. The molecule has 5 heteroatoms. The third-order valence-electron chi connectivity index (χ3n) is 4.30. The van der Waals surface area contributed by atoms with Gasteiger partial charge in [-0.2, -0.15) is 0 Å². The van der Waals surface area contributed by atoms with E-state index in [4.69, 9.17) is 9.47 Å². The van der Waals surface area contributed by atoms with Crippen molar-refractivity contribution in [2.24, 2.45) is 5.92 Å². The van der Waals surface area contributed by atoms with E-state index in [-0.39, 0.29) is 6.10 Å². The zero-order valence-electron chi connectivity index (χ0n) is 13.1. The molecule has 2 aliphatic rings. The van der Waals surface area contributed by atoms with Gasteiger partial charge in [0.2, 0.25) is 0 Å². The van der Waals surface area contributed by atoms with Gasteiger partial charge in [0.1, 0.15) is 5.75 Å². The Bertz CT molecular complexity index is 431. The molecule has 1 atom stereocenters. The predicted octanol–water partition coefficient (Wildman–Crippen LogP) is 0.690. The highest BCUT2D eigenvalue weighted by molar-refractivity contribution is 5.20. The van der Waals surface area contributed by atoms with Crippen LogP contribution in [0.25, 0.3) is 0 Å². The number of hydrogen-bond donors (Lipinski definition) is 1. The van der Waals surface area contributed by atoms with E-state index in [1.807, 2.05) is 30.3 Å². The van der Waals surface area contributed by atoms with E-state index in [0.29, 0.717) is 5.92 Å². The molecule has 2 saturated heterocycles. The Kier molecular flexibility index (Phi) is 5.67. The molecule has 1 unspecified atom stereocenters. The van der Waals surface area contributed by atoms with Crippen molar-refractivity contribution in [3.8, 4) is 5.75 Å². The van der Waals surface area contributed by atoms with Crippen LogP contribution in [0.2, 0.25) is 0 Å². The van der Waals surface area contributed by atoms with E-state index in [1.54, 1.807) is 0 Å². The summed E-state index contributed by atoms with van der Waals surface area (Å²) in [6.07, 6.45) is -0.269. The maximum atomic E-state index is 10.2. The zero-order valence-corrected chi connectivity index (χ0v) is 13.1. The number of ether oxygens (including phenoxy) is 2. The van der Waals surface area contributed by atoms with E-state index in [2.05, 4.69) is 9.80 Å².